The predicted molar refractivity (Wildman–Crippen MR) is 81.3 cm³/mol. The second-order valence-electron chi connectivity index (χ2n) is 5.72. The van der Waals surface area contributed by atoms with Crippen LogP contribution in [0, 0.1) is 0 Å². The molecule has 1 aliphatic rings. The van der Waals surface area contributed by atoms with Gasteiger partial charge in [-0.25, -0.2) is 0 Å². The summed E-state index contributed by atoms with van der Waals surface area (Å²) in [4.78, 5) is 0. The molecule has 2 unspecified atom stereocenters. The van der Waals surface area contributed by atoms with Gasteiger partial charge in [0.25, 0.3) is 0 Å². The first-order valence-corrected chi connectivity index (χ1v) is 7.26. The van der Waals surface area contributed by atoms with Crippen LogP contribution in [0.1, 0.15) is 24.5 Å². The molecule has 0 saturated carbocycles. The minimum atomic E-state index is -0.0217. The van der Waals surface area contributed by atoms with Crippen LogP contribution in [-0.2, 0) is 17.6 Å². The molecule has 0 heterocycles. The van der Waals surface area contributed by atoms with E-state index in [2.05, 4.69) is 24.4 Å². The molecular formula is C16H26N2O2. The summed E-state index contributed by atoms with van der Waals surface area (Å²) in [6, 6.07) is 6.35. The van der Waals surface area contributed by atoms with Gasteiger partial charge in [-0.05, 0) is 49.4 Å². The van der Waals surface area contributed by atoms with Gasteiger partial charge in [0.05, 0.1) is 13.2 Å². The molecule has 0 amide bonds. The summed E-state index contributed by atoms with van der Waals surface area (Å²) in [6.45, 7) is 3.53. The van der Waals surface area contributed by atoms with Crippen molar-refractivity contribution in [3.63, 3.8) is 0 Å². The molecule has 3 N–H and O–H groups in total. The van der Waals surface area contributed by atoms with E-state index in [1.54, 1.807) is 14.2 Å². The largest absolute Gasteiger partial charge is 0.497 e. The number of methoxy groups -OCH3 is 2. The SMILES string of the molecule is COc1ccc2c(c1)CC(CN)(NCC(C)OC)CC2. The Kier molecular flexibility index (Phi) is 5.02. The quantitative estimate of drug-likeness (QED) is 0.828. The summed E-state index contributed by atoms with van der Waals surface area (Å²) >= 11 is 0. The first-order valence-electron chi connectivity index (χ1n) is 7.26. The first kappa shape index (κ1) is 15.3. The highest BCUT2D eigenvalue weighted by Gasteiger charge is 2.33. The summed E-state index contributed by atoms with van der Waals surface area (Å²) in [5.41, 5.74) is 8.80. The van der Waals surface area contributed by atoms with E-state index in [-0.39, 0.29) is 11.6 Å². The molecule has 0 bridgehead atoms. The molecule has 0 aliphatic heterocycles. The molecule has 1 aromatic rings. The maximum absolute atomic E-state index is 6.06. The van der Waals surface area contributed by atoms with Gasteiger partial charge in [-0.2, -0.15) is 0 Å². The Morgan fingerprint density at radius 3 is 2.80 bits per heavy atom. The number of rotatable bonds is 6. The smallest absolute Gasteiger partial charge is 0.119 e. The summed E-state index contributed by atoms with van der Waals surface area (Å²) in [7, 11) is 3.45. The van der Waals surface area contributed by atoms with Gasteiger partial charge in [0.15, 0.2) is 0 Å². The van der Waals surface area contributed by atoms with Gasteiger partial charge < -0.3 is 20.5 Å². The third-order valence-corrected chi connectivity index (χ3v) is 4.37. The lowest BCUT2D eigenvalue weighted by Crippen LogP contribution is -2.56. The number of hydrogen-bond donors (Lipinski definition) is 2. The molecular weight excluding hydrogens is 252 g/mol. The highest BCUT2D eigenvalue weighted by molar-refractivity contribution is 5.39. The Morgan fingerprint density at radius 1 is 1.35 bits per heavy atom. The maximum atomic E-state index is 6.06. The molecule has 4 heteroatoms. The molecule has 0 aromatic heterocycles. The number of hydrogen-bond acceptors (Lipinski definition) is 4. The van der Waals surface area contributed by atoms with Crippen molar-refractivity contribution >= 4 is 0 Å². The zero-order valence-corrected chi connectivity index (χ0v) is 12.7. The summed E-state index contributed by atoms with van der Waals surface area (Å²) in [5.74, 6) is 0.918. The number of benzene rings is 1. The third kappa shape index (κ3) is 3.32. The van der Waals surface area contributed by atoms with Gasteiger partial charge in [0.1, 0.15) is 5.75 Å². The van der Waals surface area contributed by atoms with Crippen LogP contribution < -0.4 is 15.8 Å². The molecule has 112 valence electrons. The van der Waals surface area contributed by atoms with Gasteiger partial charge >= 0.3 is 0 Å². The van der Waals surface area contributed by atoms with E-state index in [4.69, 9.17) is 15.2 Å². The van der Waals surface area contributed by atoms with Crippen molar-refractivity contribution < 1.29 is 9.47 Å². The van der Waals surface area contributed by atoms with Crippen LogP contribution >= 0.6 is 0 Å². The second kappa shape index (κ2) is 6.57. The monoisotopic (exact) mass is 278 g/mol. The summed E-state index contributed by atoms with van der Waals surface area (Å²) in [5, 5.41) is 3.62. The number of ether oxygens (including phenoxy) is 2. The molecule has 20 heavy (non-hydrogen) atoms. The van der Waals surface area contributed by atoms with E-state index in [0.29, 0.717) is 6.54 Å². The Labute approximate surface area is 121 Å². The molecule has 2 atom stereocenters. The lowest BCUT2D eigenvalue weighted by Gasteiger charge is -2.39. The lowest BCUT2D eigenvalue weighted by atomic mass is 9.77. The molecule has 0 fully saturated rings. The van der Waals surface area contributed by atoms with Crippen molar-refractivity contribution in [3.05, 3.63) is 29.3 Å². The summed E-state index contributed by atoms with van der Waals surface area (Å²) < 4.78 is 10.6. The highest BCUT2D eigenvalue weighted by atomic mass is 16.5. The average molecular weight is 278 g/mol. The number of fused-ring (bicyclic) bond motifs is 1. The van der Waals surface area contributed by atoms with Crippen LogP contribution in [0.3, 0.4) is 0 Å². The number of aryl methyl sites for hydroxylation is 1. The molecule has 0 radical (unpaired) electrons. The van der Waals surface area contributed by atoms with E-state index in [1.807, 2.05) is 6.07 Å². The normalized spacial score (nSPS) is 23.2. The van der Waals surface area contributed by atoms with Crippen molar-refractivity contribution in [1.82, 2.24) is 5.32 Å². The molecule has 1 aromatic carbocycles. The zero-order valence-electron chi connectivity index (χ0n) is 12.7. The fraction of sp³-hybridized carbons (Fsp3) is 0.625. The van der Waals surface area contributed by atoms with Crippen LogP contribution in [0.25, 0.3) is 0 Å². The van der Waals surface area contributed by atoms with Gasteiger partial charge in [-0.15, -0.1) is 0 Å². The van der Waals surface area contributed by atoms with E-state index in [0.717, 1.165) is 31.6 Å². The molecule has 2 rings (SSSR count). The van der Waals surface area contributed by atoms with E-state index >= 15 is 0 Å². The Morgan fingerprint density at radius 2 is 2.15 bits per heavy atom. The van der Waals surface area contributed by atoms with Gasteiger partial charge in [0.2, 0.25) is 0 Å². The standard InChI is InChI=1S/C16H26N2O2/c1-12(19-2)10-18-16(11-17)7-6-13-4-5-15(20-3)8-14(13)9-16/h4-5,8,12,18H,6-7,9-11,17H2,1-3H3. The Hall–Kier alpha value is -1.10. The zero-order chi connectivity index (χ0) is 14.6. The maximum Gasteiger partial charge on any atom is 0.119 e. The molecule has 1 aliphatic carbocycles. The third-order valence-electron chi connectivity index (χ3n) is 4.37. The average Bonchev–Trinajstić information content (AvgIpc) is 2.51. The Bertz CT molecular complexity index is 450. The predicted octanol–water partition coefficient (Wildman–Crippen LogP) is 1.51. The Balaban J connectivity index is 2.13. The van der Waals surface area contributed by atoms with Crippen molar-refractivity contribution in [2.45, 2.75) is 37.8 Å². The molecule has 4 nitrogen and oxygen atoms in total. The van der Waals surface area contributed by atoms with E-state index in [1.165, 1.54) is 11.1 Å². The van der Waals surface area contributed by atoms with Crippen LogP contribution in [0.5, 0.6) is 5.75 Å². The lowest BCUT2D eigenvalue weighted by molar-refractivity contribution is 0.105. The van der Waals surface area contributed by atoms with Crippen LogP contribution in [0.15, 0.2) is 18.2 Å². The number of nitrogens with one attached hydrogen (secondary N) is 1. The minimum Gasteiger partial charge on any atom is -0.497 e. The second-order valence-corrected chi connectivity index (χ2v) is 5.72. The minimum absolute atomic E-state index is 0.0217. The van der Waals surface area contributed by atoms with Crippen molar-refractivity contribution in [2.24, 2.45) is 5.73 Å². The molecule has 0 spiro atoms. The number of nitrogens with two attached hydrogens (primary N) is 1. The fourth-order valence-corrected chi connectivity index (χ4v) is 2.81. The van der Waals surface area contributed by atoms with Crippen LogP contribution in [0.2, 0.25) is 0 Å². The highest BCUT2D eigenvalue weighted by Crippen LogP contribution is 2.30. The van der Waals surface area contributed by atoms with Crippen LogP contribution in [0.4, 0.5) is 0 Å². The summed E-state index contributed by atoms with van der Waals surface area (Å²) in [6.07, 6.45) is 3.28. The van der Waals surface area contributed by atoms with Crippen molar-refractivity contribution in [2.75, 3.05) is 27.3 Å². The van der Waals surface area contributed by atoms with Crippen molar-refractivity contribution in [3.8, 4) is 5.75 Å². The topological polar surface area (TPSA) is 56.5 Å². The van der Waals surface area contributed by atoms with E-state index in [9.17, 15) is 0 Å². The molecule has 0 saturated heterocycles. The van der Waals surface area contributed by atoms with Crippen LogP contribution in [-0.4, -0.2) is 39.0 Å². The van der Waals surface area contributed by atoms with E-state index < -0.39 is 0 Å². The van der Waals surface area contributed by atoms with Crippen molar-refractivity contribution in [1.29, 1.82) is 0 Å². The van der Waals surface area contributed by atoms with Gasteiger partial charge in [-0.3, -0.25) is 0 Å². The van der Waals surface area contributed by atoms with Gasteiger partial charge in [0, 0.05) is 25.7 Å². The first-order chi connectivity index (χ1) is 9.62. The van der Waals surface area contributed by atoms with Gasteiger partial charge in [-0.1, -0.05) is 6.07 Å². The fourth-order valence-electron chi connectivity index (χ4n) is 2.81.